The summed E-state index contributed by atoms with van der Waals surface area (Å²) in [6, 6.07) is 10.5. The van der Waals surface area contributed by atoms with Gasteiger partial charge in [-0.3, -0.25) is 9.59 Å². The monoisotopic (exact) mass is 345 g/mol. The summed E-state index contributed by atoms with van der Waals surface area (Å²) in [6.45, 7) is 1.27. The molecule has 132 valence electrons. The van der Waals surface area contributed by atoms with Crippen molar-refractivity contribution in [1.29, 1.82) is 0 Å². The number of ether oxygens (including phenoxy) is 1. The number of nitrogens with one attached hydrogen (secondary N) is 2. The van der Waals surface area contributed by atoms with Crippen molar-refractivity contribution in [2.24, 2.45) is 0 Å². The Labute approximate surface area is 145 Å². The van der Waals surface area contributed by atoms with E-state index in [1.807, 2.05) is 0 Å². The van der Waals surface area contributed by atoms with E-state index in [-0.39, 0.29) is 29.7 Å². The Balaban J connectivity index is 1.91. The van der Waals surface area contributed by atoms with Crippen LogP contribution in [0.2, 0.25) is 0 Å². The van der Waals surface area contributed by atoms with Crippen LogP contribution in [0.3, 0.4) is 0 Å². The zero-order valence-electron chi connectivity index (χ0n) is 13.9. The van der Waals surface area contributed by atoms with Crippen molar-refractivity contribution in [3.05, 3.63) is 65.2 Å². The van der Waals surface area contributed by atoms with Crippen molar-refractivity contribution in [2.75, 3.05) is 20.3 Å². The fraction of sp³-hybridized carbons (Fsp3) is 0.278. The summed E-state index contributed by atoms with van der Waals surface area (Å²) >= 11 is 0. The van der Waals surface area contributed by atoms with Crippen LogP contribution >= 0.6 is 0 Å². The highest BCUT2D eigenvalue weighted by atomic mass is 19.1. The molecule has 0 unspecified atom stereocenters. The van der Waals surface area contributed by atoms with Crippen LogP contribution in [0.25, 0.3) is 0 Å². The number of halogens is 1. The van der Waals surface area contributed by atoms with Gasteiger partial charge >= 0.3 is 0 Å². The summed E-state index contributed by atoms with van der Waals surface area (Å²) in [5.41, 5.74) is 1.08. The van der Waals surface area contributed by atoms with Crippen LogP contribution in [0.1, 0.15) is 33.0 Å². The SMILES string of the molecule is COCCCNC(=O)c1cccc(C(=O)NCc2ccc(F)cc2)n1. The lowest BCUT2D eigenvalue weighted by Crippen LogP contribution is -2.28. The molecule has 6 nitrogen and oxygen atoms in total. The number of hydrogen-bond donors (Lipinski definition) is 2. The lowest BCUT2D eigenvalue weighted by atomic mass is 10.2. The lowest BCUT2D eigenvalue weighted by Gasteiger charge is -2.07. The minimum Gasteiger partial charge on any atom is -0.385 e. The van der Waals surface area contributed by atoms with Crippen molar-refractivity contribution >= 4 is 11.8 Å². The summed E-state index contributed by atoms with van der Waals surface area (Å²) in [5, 5.41) is 5.40. The van der Waals surface area contributed by atoms with Crippen molar-refractivity contribution in [1.82, 2.24) is 15.6 Å². The first-order valence-electron chi connectivity index (χ1n) is 7.87. The highest BCUT2D eigenvalue weighted by molar-refractivity contribution is 5.96. The minimum absolute atomic E-state index is 0.145. The van der Waals surface area contributed by atoms with Crippen LogP contribution < -0.4 is 10.6 Å². The normalized spacial score (nSPS) is 10.3. The molecule has 25 heavy (non-hydrogen) atoms. The first-order chi connectivity index (χ1) is 12.1. The fourth-order valence-electron chi connectivity index (χ4n) is 2.07. The predicted molar refractivity (Wildman–Crippen MR) is 90.6 cm³/mol. The molecular weight excluding hydrogens is 325 g/mol. The molecule has 1 aromatic heterocycles. The quantitative estimate of drug-likeness (QED) is 0.716. The van der Waals surface area contributed by atoms with Crippen LogP contribution in [0.5, 0.6) is 0 Å². The van der Waals surface area contributed by atoms with Gasteiger partial charge in [0, 0.05) is 26.8 Å². The maximum atomic E-state index is 12.9. The molecule has 0 saturated carbocycles. The van der Waals surface area contributed by atoms with Gasteiger partial charge in [0.15, 0.2) is 0 Å². The number of amides is 2. The molecule has 0 saturated heterocycles. The average molecular weight is 345 g/mol. The van der Waals surface area contributed by atoms with Crippen LogP contribution in [-0.2, 0) is 11.3 Å². The van der Waals surface area contributed by atoms with E-state index in [1.54, 1.807) is 31.4 Å². The molecule has 1 aromatic carbocycles. The Morgan fingerprint density at radius 1 is 1.04 bits per heavy atom. The Bertz CT molecular complexity index is 720. The number of methoxy groups -OCH3 is 1. The first kappa shape index (κ1) is 18.5. The Morgan fingerprint density at radius 3 is 2.32 bits per heavy atom. The number of benzene rings is 1. The molecule has 0 bridgehead atoms. The topological polar surface area (TPSA) is 80.3 Å². The number of rotatable bonds is 8. The van der Waals surface area contributed by atoms with Crippen LogP contribution in [0.4, 0.5) is 4.39 Å². The van der Waals surface area contributed by atoms with Crippen molar-refractivity contribution in [2.45, 2.75) is 13.0 Å². The molecule has 0 fully saturated rings. The van der Waals surface area contributed by atoms with E-state index in [4.69, 9.17) is 4.74 Å². The summed E-state index contributed by atoms with van der Waals surface area (Å²) in [5.74, 6) is -1.08. The van der Waals surface area contributed by atoms with Crippen LogP contribution in [-0.4, -0.2) is 37.1 Å². The fourth-order valence-corrected chi connectivity index (χ4v) is 2.07. The maximum absolute atomic E-state index is 12.9. The summed E-state index contributed by atoms with van der Waals surface area (Å²) < 4.78 is 17.8. The predicted octanol–water partition coefficient (Wildman–Crippen LogP) is 1.92. The number of nitrogens with zero attached hydrogens (tertiary/aromatic N) is 1. The number of carbonyl (C=O) groups excluding carboxylic acids is 2. The van der Waals surface area contributed by atoms with Gasteiger partial charge in [-0.25, -0.2) is 9.37 Å². The first-order valence-corrected chi connectivity index (χ1v) is 7.87. The minimum atomic E-state index is -0.404. The van der Waals surface area contributed by atoms with Gasteiger partial charge in [0.2, 0.25) is 0 Å². The molecule has 2 amide bonds. The molecule has 0 aliphatic rings. The molecule has 0 aliphatic carbocycles. The van der Waals surface area contributed by atoms with Gasteiger partial charge < -0.3 is 15.4 Å². The van der Waals surface area contributed by atoms with Crippen molar-refractivity contribution < 1.29 is 18.7 Å². The van der Waals surface area contributed by atoms with Gasteiger partial charge in [0.1, 0.15) is 17.2 Å². The van der Waals surface area contributed by atoms with E-state index in [0.29, 0.717) is 19.6 Å². The van der Waals surface area contributed by atoms with Gasteiger partial charge in [-0.05, 0) is 36.2 Å². The molecule has 2 aromatic rings. The van der Waals surface area contributed by atoms with Gasteiger partial charge in [-0.15, -0.1) is 0 Å². The molecule has 1 heterocycles. The number of hydrogen-bond acceptors (Lipinski definition) is 4. The molecule has 0 radical (unpaired) electrons. The second-order valence-corrected chi connectivity index (χ2v) is 5.32. The third kappa shape index (κ3) is 5.96. The van der Waals surface area contributed by atoms with Gasteiger partial charge in [-0.1, -0.05) is 18.2 Å². The third-order valence-electron chi connectivity index (χ3n) is 3.39. The Hall–Kier alpha value is -2.80. The Kier molecular flexibility index (Phi) is 7.03. The lowest BCUT2D eigenvalue weighted by molar-refractivity contribution is 0.0940. The van der Waals surface area contributed by atoms with Gasteiger partial charge in [-0.2, -0.15) is 0 Å². The summed E-state index contributed by atoms with van der Waals surface area (Å²) in [7, 11) is 1.59. The highest BCUT2D eigenvalue weighted by Crippen LogP contribution is 2.04. The van der Waals surface area contributed by atoms with Crippen molar-refractivity contribution in [3.63, 3.8) is 0 Å². The van der Waals surface area contributed by atoms with Gasteiger partial charge in [0.05, 0.1) is 0 Å². The molecule has 0 spiro atoms. The molecule has 7 heteroatoms. The standard InChI is InChI=1S/C18H20FN3O3/c1-25-11-3-10-20-17(23)15-4-2-5-16(22-15)18(24)21-12-13-6-8-14(19)9-7-13/h2,4-9H,3,10-12H2,1H3,(H,20,23)(H,21,24). The molecule has 2 rings (SSSR count). The van der Waals surface area contributed by atoms with E-state index in [1.165, 1.54) is 18.2 Å². The molecule has 0 atom stereocenters. The summed E-state index contributed by atoms with van der Waals surface area (Å²) in [4.78, 5) is 28.3. The second-order valence-electron chi connectivity index (χ2n) is 5.32. The molecule has 0 aliphatic heterocycles. The highest BCUT2D eigenvalue weighted by Gasteiger charge is 2.12. The van der Waals surface area contributed by atoms with E-state index in [2.05, 4.69) is 15.6 Å². The van der Waals surface area contributed by atoms with Gasteiger partial charge in [0.25, 0.3) is 11.8 Å². The van der Waals surface area contributed by atoms with Crippen LogP contribution in [0, 0.1) is 5.82 Å². The number of aromatic nitrogens is 1. The largest absolute Gasteiger partial charge is 0.385 e. The second kappa shape index (κ2) is 9.48. The number of carbonyl (C=O) groups is 2. The zero-order chi connectivity index (χ0) is 18.1. The number of pyridine rings is 1. The van der Waals surface area contributed by atoms with E-state index in [9.17, 15) is 14.0 Å². The van der Waals surface area contributed by atoms with Crippen LogP contribution in [0.15, 0.2) is 42.5 Å². The average Bonchev–Trinajstić information content (AvgIpc) is 2.64. The zero-order valence-corrected chi connectivity index (χ0v) is 13.9. The maximum Gasteiger partial charge on any atom is 0.270 e. The van der Waals surface area contributed by atoms with Crippen molar-refractivity contribution in [3.8, 4) is 0 Å². The molecular formula is C18H20FN3O3. The Morgan fingerprint density at radius 2 is 1.68 bits per heavy atom. The summed E-state index contributed by atoms with van der Waals surface area (Å²) in [6.07, 6.45) is 0.695. The third-order valence-corrected chi connectivity index (χ3v) is 3.39. The van der Waals surface area contributed by atoms with E-state index >= 15 is 0 Å². The van der Waals surface area contributed by atoms with E-state index in [0.717, 1.165) is 5.56 Å². The molecule has 2 N–H and O–H groups in total. The smallest absolute Gasteiger partial charge is 0.270 e. The van der Waals surface area contributed by atoms with E-state index < -0.39 is 5.91 Å².